The second-order valence-corrected chi connectivity index (χ2v) is 6.87. The molecule has 0 aliphatic carbocycles. The van der Waals surface area contributed by atoms with Gasteiger partial charge in [0.15, 0.2) is 10.8 Å². The van der Waals surface area contributed by atoms with Gasteiger partial charge in [-0.2, -0.15) is 0 Å². The topological polar surface area (TPSA) is 121 Å². The molecule has 0 saturated carbocycles. The van der Waals surface area contributed by atoms with E-state index < -0.39 is 5.97 Å². The summed E-state index contributed by atoms with van der Waals surface area (Å²) in [6.07, 6.45) is 1.64. The van der Waals surface area contributed by atoms with Crippen molar-refractivity contribution >= 4 is 34.3 Å². The van der Waals surface area contributed by atoms with Crippen molar-refractivity contribution in [2.75, 3.05) is 5.32 Å². The molecule has 0 atom stereocenters. The summed E-state index contributed by atoms with van der Waals surface area (Å²) in [6.45, 7) is 4.02. The number of pyridine rings is 1. The van der Waals surface area contributed by atoms with Crippen LogP contribution >= 0.6 is 11.3 Å². The highest BCUT2D eigenvalue weighted by molar-refractivity contribution is 7.16. The first-order valence-electron chi connectivity index (χ1n) is 8.07. The van der Waals surface area contributed by atoms with Crippen molar-refractivity contribution in [1.29, 1.82) is 0 Å². The minimum atomic E-state index is -1.13. The fourth-order valence-corrected chi connectivity index (χ4v) is 3.09. The number of nitrogens with zero attached hydrogens (tertiary/aromatic N) is 2. The van der Waals surface area contributed by atoms with Crippen LogP contribution in [-0.2, 0) is 16.1 Å². The number of amides is 2. The molecule has 0 aromatic carbocycles. The Labute approximate surface area is 154 Å². The normalized spacial score (nSPS) is 10.6. The summed E-state index contributed by atoms with van der Waals surface area (Å²) in [7, 11) is 0. The summed E-state index contributed by atoms with van der Waals surface area (Å²) in [6, 6.07) is 5.41. The average molecular weight is 376 g/mol. The first-order chi connectivity index (χ1) is 12.4. The lowest BCUT2D eigenvalue weighted by atomic mass is 10.1. The third-order valence-electron chi connectivity index (χ3n) is 3.40. The number of thiazole rings is 1. The van der Waals surface area contributed by atoms with Gasteiger partial charge in [0.2, 0.25) is 11.8 Å². The second kappa shape index (κ2) is 9.04. The van der Waals surface area contributed by atoms with Crippen LogP contribution in [0.1, 0.15) is 53.7 Å². The molecule has 8 nitrogen and oxygen atoms in total. The van der Waals surface area contributed by atoms with E-state index in [-0.39, 0.29) is 41.4 Å². The highest BCUT2D eigenvalue weighted by atomic mass is 32.1. The minimum Gasteiger partial charge on any atom is -0.476 e. The van der Waals surface area contributed by atoms with E-state index >= 15 is 0 Å². The van der Waals surface area contributed by atoms with E-state index in [1.54, 1.807) is 18.3 Å². The SMILES string of the molecule is CC(C)c1sc(NC(=O)CCC(=O)NCc2ccccn2)nc1C(=O)O. The highest BCUT2D eigenvalue weighted by Gasteiger charge is 2.20. The molecular weight excluding hydrogens is 356 g/mol. The largest absolute Gasteiger partial charge is 0.476 e. The molecule has 9 heteroatoms. The van der Waals surface area contributed by atoms with Crippen LogP contribution in [0, 0.1) is 0 Å². The lowest BCUT2D eigenvalue weighted by Crippen LogP contribution is -2.24. The molecule has 0 spiro atoms. The molecule has 2 heterocycles. The number of carboxylic acid groups (broad SMARTS) is 1. The van der Waals surface area contributed by atoms with Crippen molar-refractivity contribution in [2.45, 2.75) is 39.2 Å². The van der Waals surface area contributed by atoms with Crippen LogP contribution in [0.2, 0.25) is 0 Å². The third kappa shape index (κ3) is 5.62. The molecule has 138 valence electrons. The summed E-state index contributed by atoms with van der Waals surface area (Å²) in [4.78, 5) is 43.6. The summed E-state index contributed by atoms with van der Waals surface area (Å²) >= 11 is 1.13. The predicted octanol–water partition coefficient (Wildman–Crippen LogP) is 2.39. The fraction of sp³-hybridized carbons (Fsp3) is 0.353. The van der Waals surface area contributed by atoms with Crippen LogP contribution in [0.15, 0.2) is 24.4 Å². The fourth-order valence-electron chi connectivity index (χ4n) is 2.12. The first kappa shape index (κ1) is 19.5. The Balaban J connectivity index is 1.82. The molecule has 0 unspecified atom stereocenters. The predicted molar refractivity (Wildman–Crippen MR) is 97.1 cm³/mol. The molecule has 2 amide bonds. The summed E-state index contributed by atoms with van der Waals surface area (Å²) < 4.78 is 0. The Morgan fingerprint density at radius 1 is 1.19 bits per heavy atom. The minimum absolute atomic E-state index is 0.0124. The van der Waals surface area contributed by atoms with Gasteiger partial charge in [-0.3, -0.25) is 14.6 Å². The number of carbonyl (C=O) groups excluding carboxylic acids is 2. The van der Waals surface area contributed by atoms with Gasteiger partial charge in [0, 0.05) is 23.9 Å². The number of nitrogens with one attached hydrogen (secondary N) is 2. The quantitative estimate of drug-likeness (QED) is 0.650. The lowest BCUT2D eigenvalue weighted by molar-refractivity contribution is -0.124. The molecule has 2 aromatic heterocycles. The molecule has 0 radical (unpaired) electrons. The maximum absolute atomic E-state index is 12.0. The Kier molecular flexibility index (Phi) is 6.79. The Morgan fingerprint density at radius 2 is 1.92 bits per heavy atom. The van der Waals surface area contributed by atoms with E-state index in [1.165, 1.54) is 0 Å². The Bertz CT molecular complexity index is 789. The molecule has 0 fully saturated rings. The van der Waals surface area contributed by atoms with E-state index in [2.05, 4.69) is 20.6 Å². The first-order valence-corrected chi connectivity index (χ1v) is 8.89. The molecule has 2 aromatic rings. The van der Waals surface area contributed by atoms with Gasteiger partial charge in [-0.15, -0.1) is 11.3 Å². The van der Waals surface area contributed by atoms with Gasteiger partial charge in [0.1, 0.15) is 0 Å². The molecule has 26 heavy (non-hydrogen) atoms. The molecule has 2 rings (SSSR count). The van der Waals surface area contributed by atoms with E-state index in [0.717, 1.165) is 17.0 Å². The number of aromatic carboxylic acids is 1. The lowest BCUT2D eigenvalue weighted by Gasteiger charge is -2.04. The van der Waals surface area contributed by atoms with Crippen molar-refractivity contribution in [1.82, 2.24) is 15.3 Å². The van der Waals surface area contributed by atoms with Gasteiger partial charge in [-0.25, -0.2) is 9.78 Å². The zero-order valence-corrected chi connectivity index (χ0v) is 15.3. The summed E-state index contributed by atoms with van der Waals surface area (Å²) in [5, 5.41) is 14.6. The van der Waals surface area contributed by atoms with Crippen LogP contribution in [0.5, 0.6) is 0 Å². The molecule has 0 aliphatic rings. The average Bonchev–Trinajstić information content (AvgIpc) is 3.03. The van der Waals surface area contributed by atoms with E-state index in [0.29, 0.717) is 11.4 Å². The number of rotatable bonds is 8. The maximum Gasteiger partial charge on any atom is 0.355 e. The molecular formula is C17H20N4O4S. The number of carboxylic acids is 1. The van der Waals surface area contributed by atoms with E-state index in [1.807, 2.05) is 19.9 Å². The van der Waals surface area contributed by atoms with Crippen LogP contribution in [0.4, 0.5) is 5.13 Å². The van der Waals surface area contributed by atoms with E-state index in [9.17, 15) is 14.4 Å². The Hall–Kier alpha value is -2.81. The molecule has 0 bridgehead atoms. The molecule has 0 saturated heterocycles. The second-order valence-electron chi connectivity index (χ2n) is 5.84. The van der Waals surface area contributed by atoms with Crippen LogP contribution in [0.25, 0.3) is 0 Å². The number of aromatic nitrogens is 2. The number of hydrogen-bond donors (Lipinski definition) is 3. The van der Waals surface area contributed by atoms with Gasteiger partial charge < -0.3 is 15.7 Å². The van der Waals surface area contributed by atoms with Gasteiger partial charge in [-0.1, -0.05) is 19.9 Å². The van der Waals surface area contributed by atoms with Crippen LogP contribution < -0.4 is 10.6 Å². The Morgan fingerprint density at radius 3 is 2.50 bits per heavy atom. The zero-order valence-electron chi connectivity index (χ0n) is 14.5. The van der Waals surface area contributed by atoms with Gasteiger partial charge in [0.05, 0.1) is 12.2 Å². The monoisotopic (exact) mass is 376 g/mol. The molecule has 0 aliphatic heterocycles. The van der Waals surface area contributed by atoms with Crippen LogP contribution in [0.3, 0.4) is 0 Å². The van der Waals surface area contributed by atoms with Crippen molar-refractivity contribution in [2.24, 2.45) is 0 Å². The van der Waals surface area contributed by atoms with Gasteiger partial charge in [0.25, 0.3) is 0 Å². The van der Waals surface area contributed by atoms with Gasteiger partial charge in [-0.05, 0) is 18.1 Å². The van der Waals surface area contributed by atoms with E-state index in [4.69, 9.17) is 5.11 Å². The van der Waals surface area contributed by atoms with Crippen molar-refractivity contribution in [3.63, 3.8) is 0 Å². The van der Waals surface area contributed by atoms with Crippen molar-refractivity contribution < 1.29 is 19.5 Å². The summed E-state index contributed by atoms with van der Waals surface area (Å²) in [5.41, 5.74) is 0.684. The number of carbonyl (C=O) groups is 3. The third-order valence-corrected chi connectivity index (χ3v) is 4.67. The zero-order chi connectivity index (χ0) is 19.1. The van der Waals surface area contributed by atoms with Crippen LogP contribution in [-0.4, -0.2) is 32.9 Å². The maximum atomic E-state index is 12.0. The molecule has 3 N–H and O–H groups in total. The summed E-state index contributed by atoms with van der Waals surface area (Å²) in [5.74, 6) is -1.79. The number of hydrogen-bond acceptors (Lipinski definition) is 6. The standard InChI is InChI=1S/C17H20N4O4S/c1-10(2)15-14(16(24)25)21-17(26-15)20-13(23)7-6-12(22)19-9-11-5-3-4-8-18-11/h3-5,8,10H,6-7,9H2,1-2H3,(H,19,22)(H,24,25)(H,20,21,23). The van der Waals surface area contributed by atoms with Crippen molar-refractivity contribution in [3.8, 4) is 0 Å². The van der Waals surface area contributed by atoms with Gasteiger partial charge >= 0.3 is 5.97 Å². The smallest absolute Gasteiger partial charge is 0.355 e. The number of anilines is 1. The van der Waals surface area contributed by atoms with Crippen molar-refractivity contribution in [3.05, 3.63) is 40.7 Å². The highest BCUT2D eigenvalue weighted by Crippen LogP contribution is 2.29.